The molecule has 3 rings (SSSR count). The summed E-state index contributed by atoms with van der Waals surface area (Å²) >= 11 is 0. The SMILES string of the molecule is C=Nc1ccccc1N(C)C1OC1N(C)C1CCCCC1. The molecule has 0 aromatic heterocycles. The van der Waals surface area contributed by atoms with Gasteiger partial charge >= 0.3 is 0 Å². The van der Waals surface area contributed by atoms with Crippen LogP contribution in [0.3, 0.4) is 0 Å². The van der Waals surface area contributed by atoms with Gasteiger partial charge in [0.25, 0.3) is 0 Å². The minimum atomic E-state index is 0.125. The van der Waals surface area contributed by atoms with Gasteiger partial charge in [0.15, 0.2) is 12.5 Å². The fourth-order valence-corrected chi connectivity index (χ4v) is 3.41. The molecule has 4 nitrogen and oxygen atoms in total. The number of likely N-dealkylation sites (N-methyl/N-ethyl adjacent to an activating group) is 2. The monoisotopic (exact) mass is 287 g/mol. The molecule has 0 spiro atoms. The van der Waals surface area contributed by atoms with Crippen LogP contribution in [0.25, 0.3) is 0 Å². The summed E-state index contributed by atoms with van der Waals surface area (Å²) in [6.07, 6.45) is 7.03. The third-order valence-electron chi connectivity index (χ3n) is 4.81. The standard InChI is InChI=1S/C17H25N3O/c1-18-14-11-7-8-12-15(14)20(3)17-16(21-17)19(2)13-9-5-4-6-10-13/h7-8,11-13,16-17H,1,4-6,9-10H2,2-3H3. The van der Waals surface area contributed by atoms with Gasteiger partial charge < -0.3 is 9.64 Å². The molecule has 0 amide bonds. The molecule has 1 aliphatic carbocycles. The van der Waals surface area contributed by atoms with Crippen LogP contribution in [0.15, 0.2) is 29.3 Å². The number of rotatable bonds is 5. The number of ether oxygens (including phenoxy) is 1. The van der Waals surface area contributed by atoms with Gasteiger partial charge in [-0.1, -0.05) is 31.4 Å². The first kappa shape index (κ1) is 14.5. The van der Waals surface area contributed by atoms with E-state index in [2.05, 4.69) is 41.7 Å². The van der Waals surface area contributed by atoms with Gasteiger partial charge in [0.1, 0.15) is 0 Å². The predicted octanol–water partition coefficient (Wildman–Crippen LogP) is 3.40. The molecule has 4 heteroatoms. The normalized spacial score (nSPS) is 25.9. The molecule has 1 aromatic carbocycles. The highest BCUT2D eigenvalue weighted by Crippen LogP contribution is 2.38. The average Bonchev–Trinajstić information content (AvgIpc) is 3.35. The summed E-state index contributed by atoms with van der Waals surface area (Å²) in [5, 5.41) is 0. The van der Waals surface area contributed by atoms with Gasteiger partial charge in [-0.3, -0.25) is 9.89 Å². The summed E-state index contributed by atoms with van der Waals surface area (Å²) in [5.74, 6) is 0. The van der Waals surface area contributed by atoms with Crippen molar-refractivity contribution in [1.29, 1.82) is 0 Å². The lowest BCUT2D eigenvalue weighted by atomic mass is 9.94. The topological polar surface area (TPSA) is 31.4 Å². The Balaban J connectivity index is 1.65. The van der Waals surface area contributed by atoms with Crippen LogP contribution in [-0.2, 0) is 4.74 Å². The summed E-state index contributed by atoms with van der Waals surface area (Å²) in [5.41, 5.74) is 1.99. The molecule has 2 aliphatic rings. The van der Waals surface area contributed by atoms with E-state index in [4.69, 9.17) is 4.74 Å². The van der Waals surface area contributed by atoms with E-state index in [1.54, 1.807) is 0 Å². The molecule has 1 saturated heterocycles. The van der Waals surface area contributed by atoms with E-state index in [0.717, 1.165) is 11.4 Å². The Morgan fingerprint density at radius 2 is 1.81 bits per heavy atom. The maximum absolute atomic E-state index is 5.94. The second-order valence-corrected chi connectivity index (χ2v) is 6.13. The first-order valence-electron chi connectivity index (χ1n) is 7.88. The Morgan fingerprint density at radius 3 is 2.52 bits per heavy atom. The second-order valence-electron chi connectivity index (χ2n) is 6.13. The van der Waals surface area contributed by atoms with Gasteiger partial charge in [-0.05, 0) is 38.7 Å². The third-order valence-corrected chi connectivity index (χ3v) is 4.81. The molecule has 1 aliphatic heterocycles. The largest absolute Gasteiger partial charge is 0.344 e. The maximum Gasteiger partial charge on any atom is 0.172 e. The molecule has 1 saturated carbocycles. The van der Waals surface area contributed by atoms with Crippen LogP contribution >= 0.6 is 0 Å². The van der Waals surface area contributed by atoms with Crippen molar-refractivity contribution < 1.29 is 4.74 Å². The number of para-hydroxylation sites is 2. The fourth-order valence-electron chi connectivity index (χ4n) is 3.41. The van der Waals surface area contributed by atoms with Crippen molar-refractivity contribution in [2.45, 2.75) is 50.6 Å². The van der Waals surface area contributed by atoms with Crippen LogP contribution in [0, 0.1) is 0 Å². The quantitative estimate of drug-likeness (QED) is 0.614. The summed E-state index contributed by atoms with van der Waals surface area (Å²) in [4.78, 5) is 8.70. The molecule has 1 aromatic rings. The molecule has 114 valence electrons. The Labute approximate surface area is 127 Å². The Morgan fingerprint density at radius 1 is 1.10 bits per heavy atom. The van der Waals surface area contributed by atoms with Gasteiger partial charge in [0, 0.05) is 13.1 Å². The molecular weight excluding hydrogens is 262 g/mol. The van der Waals surface area contributed by atoms with Gasteiger partial charge in [0.05, 0.1) is 11.4 Å². The van der Waals surface area contributed by atoms with Crippen LogP contribution in [0.4, 0.5) is 11.4 Å². The van der Waals surface area contributed by atoms with E-state index < -0.39 is 0 Å². The van der Waals surface area contributed by atoms with Crippen molar-refractivity contribution in [3.05, 3.63) is 24.3 Å². The highest BCUT2D eigenvalue weighted by atomic mass is 16.6. The number of benzene rings is 1. The fraction of sp³-hybridized carbons (Fsp3) is 0.588. The Kier molecular flexibility index (Phi) is 4.27. The molecule has 0 radical (unpaired) electrons. The van der Waals surface area contributed by atoms with Crippen LogP contribution in [-0.4, -0.2) is 44.2 Å². The van der Waals surface area contributed by atoms with Gasteiger partial charge in [-0.25, -0.2) is 0 Å². The molecule has 2 unspecified atom stereocenters. The van der Waals surface area contributed by atoms with E-state index in [0.29, 0.717) is 6.04 Å². The van der Waals surface area contributed by atoms with Crippen molar-refractivity contribution in [2.24, 2.45) is 4.99 Å². The van der Waals surface area contributed by atoms with E-state index in [9.17, 15) is 0 Å². The Hall–Kier alpha value is -1.39. The zero-order chi connectivity index (χ0) is 14.8. The minimum Gasteiger partial charge on any atom is -0.344 e. The van der Waals surface area contributed by atoms with E-state index in [1.165, 1.54) is 32.1 Å². The third kappa shape index (κ3) is 2.97. The number of epoxide rings is 1. The average molecular weight is 287 g/mol. The van der Waals surface area contributed by atoms with Crippen LogP contribution in [0.5, 0.6) is 0 Å². The maximum atomic E-state index is 5.94. The number of nitrogens with zero attached hydrogens (tertiary/aromatic N) is 3. The lowest BCUT2D eigenvalue weighted by molar-refractivity contribution is 0.127. The van der Waals surface area contributed by atoms with Crippen molar-refractivity contribution in [3.63, 3.8) is 0 Å². The van der Waals surface area contributed by atoms with Crippen molar-refractivity contribution in [2.75, 3.05) is 19.0 Å². The minimum absolute atomic E-state index is 0.125. The lowest BCUT2D eigenvalue weighted by Crippen LogP contribution is -2.39. The van der Waals surface area contributed by atoms with Crippen LogP contribution < -0.4 is 4.90 Å². The van der Waals surface area contributed by atoms with Crippen LogP contribution in [0.1, 0.15) is 32.1 Å². The number of hydrogen-bond acceptors (Lipinski definition) is 4. The molecule has 1 heterocycles. The van der Waals surface area contributed by atoms with Gasteiger partial charge in [-0.15, -0.1) is 0 Å². The molecular formula is C17H25N3O. The zero-order valence-corrected chi connectivity index (χ0v) is 13.0. The van der Waals surface area contributed by atoms with Crippen molar-refractivity contribution >= 4 is 18.1 Å². The van der Waals surface area contributed by atoms with Gasteiger partial charge in [0.2, 0.25) is 0 Å². The van der Waals surface area contributed by atoms with Crippen LogP contribution in [0.2, 0.25) is 0 Å². The predicted molar refractivity (Wildman–Crippen MR) is 87.4 cm³/mol. The Bertz CT molecular complexity index is 499. The van der Waals surface area contributed by atoms with Crippen molar-refractivity contribution in [1.82, 2.24) is 4.90 Å². The highest BCUT2D eigenvalue weighted by Gasteiger charge is 2.47. The molecule has 21 heavy (non-hydrogen) atoms. The molecule has 2 atom stereocenters. The molecule has 2 fully saturated rings. The number of anilines is 1. The van der Waals surface area contributed by atoms with E-state index >= 15 is 0 Å². The number of hydrogen-bond donors (Lipinski definition) is 0. The molecule has 0 N–H and O–H groups in total. The van der Waals surface area contributed by atoms with Crippen molar-refractivity contribution in [3.8, 4) is 0 Å². The first-order chi connectivity index (χ1) is 10.2. The lowest BCUT2D eigenvalue weighted by Gasteiger charge is -2.30. The molecule has 0 bridgehead atoms. The highest BCUT2D eigenvalue weighted by molar-refractivity contribution is 5.69. The summed E-state index contributed by atoms with van der Waals surface area (Å²) in [6, 6.07) is 8.75. The number of aliphatic imine (C=N–C) groups is 1. The van der Waals surface area contributed by atoms with E-state index in [-0.39, 0.29) is 12.5 Å². The summed E-state index contributed by atoms with van der Waals surface area (Å²) < 4.78 is 5.94. The zero-order valence-electron chi connectivity index (χ0n) is 13.0. The van der Waals surface area contributed by atoms with E-state index in [1.807, 2.05) is 18.2 Å². The smallest absolute Gasteiger partial charge is 0.172 e. The summed E-state index contributed by atoms with van der Waals surface area (Å²) in [7, 11) is 4.27. The second kappa shape index (κ2) is 6.16. The first-order valence-corrected chi connectivity index (χ1v) is 7.88. The van der Waals surface area contributed by atoms with Gasteiger partial charge in [-0.2, -0.15) is 0 Å². The summed E-state index contributed by atoms with van der Waals surface area (Å²) in [6.45, 7) is 3.65.